The van der Waals surface area contributed by atoms with Crippen molar-refractivity contribution < 1.29 is 33.8 Å². The van der Waals surface area contributed by atoms with Gasteiger partial charge in [0.25, 0.3) is 5.91 Å². The molecule has 1 spiro atoms. The average Bonchev–Trinajstić information content (AvgIpc) is 4.07. The number of piperidine rings is 1. The van der Waals surface area contributed by atoms with Gasteiger partial charge in [-0.25, -0.2) is 4.79 Å². The molecule has 3 aromatic heterocycles. The number of pyridine rings is 1. The number of aromatic amines is 1. The Balaban J connectivity index is 0.785. The Bertz CT molecular complexity index is 2760. The summed E-state index contributed by atoms with van der Waals surface area (Å²) in [7, 11) is -0.474. The van der Waals surface area contributed by atoms with E-state index in [4.69, 9.17) is 9.16 Å². The lowest BCUT2D eigenvalue weighted by atomic mass is 9.61. The molecule has 5 N–H and O–H groups in total. The SMILES string of the molecule is CN(C(=O)CCN1CCC2(CC1)CC(OC(C(=O)O)(c1cccs1)c1cccs1)C2)c1ccc(C(=O)Nc2ccc(CNC[C@H](O[Si](C)(C)C(C)(C)C)c3ccc(O)c4[nH]c(=O)ccc34)cc2)cc1. The number of hydrogen-bond donors (Lipinski definition) is 5. The van der Waals surface area contributed by atoms with Gasteiger partial charge in [0.1, 0.15) is 5.75 Å². The second-order valence-corrected chi connectivity index (χ2v) is 26.8. The van der Waals surface area contributed by atoms with Crippen molar-refractivity contribution in [1.29, 1.82) is 0 Å². The van der Waals surface area contributed by atoms with Crippen molar-refractivity contribution in [3.05, 3.63) is 145 Å². The predicted octanol–water partition coefficient (Wildman–Crippen LogP) is 10.1. The fraction of sp³-hybridized carbons (Fsp3) is 0.396. The highest BCUT2D eigenvalue weighted by Gasteiger charge is 2.54. The summed E-state index contributed by atoms with van der Waals surface area (Å²) < 4.78 is 13.5. The fourth-order valence-electron chi connectivity index (χ4n) is 9.30. The highest BCUT2D eigenvalue weighted by Crippen LogP contribution is 2.53. The zero-order chi connectivity index (χ0) is 49.1. The minimum atomic E-state index is -2.24. The summed E-state index contributed by atoms with van der Waals surface area (Å²) in [5.74, 6) is -1.23. The van der Waals surface area contributed by atoms with Crippen molar-refractivity contribution in [3.63, 3.8) is 0 Å². The van der Waals surface area contributed by atoms with Crippen LogP contribution < -0.4 is 21.1 Å². The lowest BCUT2D eigenvalue weighted by Crippen LogP contribution is -2.53. The van der Waals surface area contributed by atoms with E-state index in [9.17, 15) is 29.4 Å². The number of rotatable bonds is 18. The number of carbonyl (C=O) groups excluding carboxylic acids is 2. The molecule has 1 atom stereocenters. The highest BCUT2D eigenvalue weighted by atomic mass is 32.1. The normalized spacial score (nSPS) is 16.0. The number of aliphatic carboxylic acids is 1. The lowest BCUT2D eigenvalue weighted by molar-refractivity contribution is -0.190. The van der Waals surface area contributed by atoms with Gasteiger partial charge in [-0.2, -0.15) is 0 Å². The van der Waals surface area contributed by atoms with E-state index in [1.165, 1.54) is 28.7 Å². The molecule has 1 aliphatic heterocycles. The van der Waals surface area contributed by atoms with Crippen molar-refractivity contribution in [1.82, 2.24) is 15.2 Å². The minimum Gasteiger partial charge on any atom is -0.506 e. The Morgan fingerprint density at radius 3 is 2.16 bits per heavy atom. The number of carbonyl (C=O) groups is 3. The summed E-state index contributed by atoms with van der Waals surface area (Å²) >= 11 is 2.82. The zero-order valence-electron chi connectivity index (χ0n) is 40.2. The number of aromatic hydroxyl groups is 1. The second kappa shape index (κ2) is 20.5. The molecular formula is C53H63N5O8S2Si. The van der Waals surface area contributed by atoms with Crippen molar-refractivity contribution in [2.24, 2.45) is 5.41 Å². The number of anilines is 2. The van der Waals surface area contributed by atoms with Gasteiger partial charge in [-0.15, -0.1) is 22.7 Å². The molecule has 1 saturated carbocycles. The second-order valence-electron chi connectivity index (χ2n) is 20.1. The van der Waals surface area contributed by atoms with Gasteiger partial charge in [0.2, 0.25) is 17.1 Å². The van der Waals surface area contributed by atoms with Crippen LogP contribution >= 0.6 is 22.7 Å². The number of likely N-dealkylation sites (tertiary alicyclic amines) is 1. The molecule has 1 saturated heterocycles. The standard InChI is InChI=1S/C53H63N5O8S2Si/c1-51(2,3)69(5,6)66-43(40-19-21-42(59)48-41(40)20-22-46(60)56-48)34-54-33-35-11-15-37(16-12-35)55-49(62)36-13-17-38(18-14-36)57(4)47(61)23-26-58-27-24-52(25-28-58)31-39(32-52)65-53(50(63)64,44-9-7-29-67-44)45-10-8-30-68-45/h7-22,29-30,39,43,54,59H,23-28,31-34H2,1-6H3,(H,55,62)(H,56,60)(H,63,64)/t43-/m0/s1. The predicted molar refractivity (Wildman–Crippen MR) is 277 cm³/mol. The Morgan fingerprint density at radius 2 is 1.57 bits per heavy atom. The van der Waals surface area contributed by atoms with Crippen molar-refractivity contribution in [2.45, 2.75) is 95.4 Å². The van der Waals surface area contributed by atoms with Crippen LogP contribution in [0.3, 0.4) is 0 Å². The number of hydrogen-bond acceptors (Lipinski definition) is 11. The van der Waals surface area contributed by atoms with Gasteiger partial charge in [0.05, 0.1) is 27.5 Å². The van der Waals surface area contributed by atoms with Gasteiger partial charge in [-0.05, 0) is 145 Å². The molecule has 2 aliphatic rings. The Kier molecular flexibility index (Phi) is 14.8. The number of carboxylic acids is 1. The number of phenolic OH excluding ortho intramolecular Hbond substituents is 1. The maximum Gasteiger partial charge on any atom is 0.347 e. The maximum absolute atomic E-state index is 13.3. The molecule has 0 bridgehead atoms. The van der Waals surface area contributed by atoms with Crippen molar-refractivity contribution in [3.8, 4) is 5.75 Å². The molecule has 69 heavy (non-hydrogen) atoms. The van der Waals surface area contributed by atoms with E-state index in [0.717, 1.165) is 55.3 Å². The molecule has 0 radical (unpaired) electrons. The molecule has 16 heteroatoms. The zero-order valence-corrected chi connectivity index (χ0v) is 42.8. The van der Waals surface area contributed by atoms with Crippen LogP contribution in [-0.4, -0.2) is 85.5 Å². The van der Waals surface area contributed by atoms with Crippen LogP contribution in [0.2, 0.25) is 18.1 Å². The average molecular weight is 990 g/mol. The van der Waals surface area contributed by atoms with Crippen LogP contribution in [0.1, 0.15) is 90.2 Å². The first-order valence-electron chi connectivity index (χ1n) is 23.6. The number of carboxylic acid groups (broad SMARTS) is 1. The molecule has 364 valence electrons. The number of fused-ring (bicyclic) bond motifs is 1. The lowest BCUT2D eigenvalue weighted by Gasteiger charge is -2.53. The third-order valence-corrected chi connectivity index (χ3v) is 20.9. The summed E-state index contributed by atoms with van der Waals surface area (Å²) in [6.45, 7) is 14.4. The van der Waals surface area contributed by atoms with E-state index in [1.807, 2.05) is 65.4 Å². The van der Waals surface area contributed by atoms with Crippen molar-refractivity contribution in [2.75, 3.05) is 43.4 Å². The minimum absolute atomic E-state index is 0.00333. The first-order chi connectivity index (χ1) is 32.9. The molecule has 0 unspecified atom stereocenters. The Labute approximate surface area is 412 Å². The number of ether oxygens (including phenoxy) is 1. The first kappa shape index (κ1) is 49.9. The molecule has 2 fully saturated rings. The Hall–Kier alpha value is -5.46. The number of amides is 2. The summed E-state index contributed by atoms with van der Waals surface area (Å²) in [5, 5.41) is 32.1. The van der Waals surface area contributed by atoms with Gasteiger partial charge in [-0.3, -0.25) is 14.4 Å². The number of nitrogens with zero attached hydrogens (tertiary/aromatic N) is 2. The number of H-pyrrole nitrogens is 1. The molecular weight excluding hydrogens is 927 g/mol. The molecule has 3 aromatic carbocycles. The van der Waals surface area contributed by atoms with Crippen LogP contribution in [0, 0.1) is 5.41 Å². The molecule has 6 aromatic rings. The molecule has 13 nitrogen and oxygen atoms in total. The van der Waals surface area contributed by atoms with E-state index < -0.39 is 19.9 Å². The summed E-state index contributed by atoms with van der Waals surface area (Å²) in [6.07, 6.45) is 3.53. The summed E-state index contributed by atoms with van der Waals surface area (Å²) in [4.78, 5) is 59.7. The highest BCUT2D eigenvalue weighted by molar-refractivity contribution is 7.12. The summed E-state index contributed by atoms with van der Waals surface area (Å²) in [5.41, 5.74) is 2.48. The third kappa shape index (κ3) is 11.0. The van der Waals surface area contributed by atoms with E-state index in [1.54, 1.807) is 48.3 Å². The largest absolute Gasteiger partial charge is 0.506 e. The van der Waals surface area contributed by atoms with Crippen LogP contribution in [0.25, 0.3) is 10.9 Å². The molecule has 1 aliphatic carbocycles. The van der Waals surface area contributed by atoms with Gasteiger partial charge in [0.15, 0.2) is 8.32 Å². The van der Waals surface area contributed by atoms with E-state index in [-0.39, 0.29) is 45.8 Å². The fourth-order valence-corrected chi connectivity index (χ4v) is 12.4. The van der Waals surface area contributed by atoms with Crippen molar-refractivity contribution >= 4 is 71.1 Å². The van der Waals surface area contributed by atoms with E-state index >= 15 is 0 Å². The number of aromatic nitrogens is 1. The smallest absolute Gasteiger partial charge is 0.347 e. The maximum atomic E-state index is 13.3. The summed E-state index contributed by atoms with van der Waals surface area (Å²) in [6, 6.07) is 28.8. The quantitative estimate of drug-likeness (QED) is 0.0522. The first-order valence-corrected chi connectivity index (χ1v) is 28.3. The van der Waals surface area contributed by atoms with Gasteiger partial charge < -0.3 is 44.8 Å². The molecule has 8 rings (SSSR count). The number of nitrogens with one attached hydrogen (secondary N) is 3. The number of thiophene rings is 2. The number of benzene rings is 3. The van der Waals surface area contributed by atoms with Crippen LogP contribution in [0.4, 0.5) is 11.4 Å². The Morgan fingerprint density at radius 1 is 0.913 bits per heavy atom. The van der Waals surface area contributed by atoms with Gasteiger partial charge in [0, 0.05) is 61.5 Å². The number of phenols is 1. The van der Waals surface area contributed by atoms with Crippen LogP contribution in [-0.2, 0) is 30.9 Å². The van der Waals surface area contributed by atoms with Gasteiger partial charge in [-0.1, -0.05) is 51.1 Å². The third-order valence-electron chi connectivity index (χ3n) is 14.5. The monoisotopic (exact) mass is 989 g/mol. The van der Waals surface area contributed by atoms with Crippen LogP contribution in [0.5, 0.6) is 5.75 Å². The van der Waals surface area contributed by atoms with Crippen LogP contribution in [0.15, 0.2) is 113 Å². The van der Waals surface area contributed by atoms with Gasteiger partial charge >= 0.3 is 5.97 Å². The molecule has 2 amide bonds. The van der Waals surface area contributed by atoms with E-state index in [0.29, 0.717) is 58.3 Å². The molecule has 4 heterocycles. The topological polar surface area (TPSA) is 174 Å². The van der Waals surface area contributed by atoms with E-state index in [2.05, 4.69) is 54.4 Å².